The number of aryl methyl sites for hydroxylation is 2. The van der Waals surface area contributed by atoms with E-state index in [1.807, 2.05) is 32.0 Å². The first-order valence-corrected chi connectivity index (χ1v) is 15.0. The van der Waals surface area contributed by atoms with Crippen LogP contribution in [0, 0.1) is 31.6 Å². The van der Waals surface area contributed by atoms with Crippen molar-refractivity contribution < 1.29 is 24.2 Å². The quantitative estimate of drug-likeness (QED) is 0.220. The number of hydrogen-bond donors (Lipinski definition) is 1. The number of fused-ring (bicyclic) bond motifs is 1. The highest BCUT2D eigenvalue weighted by atomic mass is 32.2. The number of hydrogen-bond acceptors (Lipinski definition) is 6. The predicted molar refractivity (Wildman–Crippen MR) is 156 cm³/mol. The van der Waals surface area contributed by atoms with Crippen molar-refractivity contribution in [3.05, 3.63) is 54.6 Å². The fourth-order valence-corrected chi connectivity index (χ4v) is 9.20. The standard InChI is InChI=1S/C31H42N2O5S/c1-6-8-11-17-38-30(37)25-24-19-22(5)31(39-24)26(25)28(35)33(15-9-10-16-34)27(31)29(36)32(14-7-2)23-18-20(3)12-13-21(23)4/h6-7,12-13,18,22,24-27,34H,1-2,8-11,14-17,19H2,3-5H3/t22?,24-,25+,26-,27?,31?/m0/s1. The molecule has 4 rings (SSSR count). The molecule has 0 aliphatic carbocycles. The lowest BCUT2D eigenvalue weighted by Gasteiger charge is -2.40. The number of ether oxygens (including phenoxy) is 1. The van der Waals surface area contributed by atoms with Crippen molar-refractivity contribution in [2.75, 3.05) is 31.2 Å². The summed E-state index contributed by atoms with van der Waals surface area (Å²) < 4.78 is 4.96. The molecule has 2 amide bonds. The van der Waals surface area contributed by atoms with Crippen LogP contribution in [-0.2, 0) is 19.1 Å². The van der Waals surface area contributed by atoms with Crippen LogP contribution in [0.5, 0.6) is 0 Å². The van der Waals surface area contributed by atoms with Crippen molar-refractivity contribution in [1.82, 2.24) is 4.90 Å². The molecule has 212 valence electrons. The summed E-state index contributed by atoms with van der Waals surface area (Å²) in [6.45, 7) is 14.7. The Kier molecular flexibility index (Phi) is 9.27. The number of carbonyl (C=O) groups is 3. The second-order valence-corrected chi connectivity index (χ2v) is 12.7. The number of anilines is 1. The van der Waals surface area contributed by atoms with E-state index in [-0.39, 0.29) is 35.6 Å². The number of aliphatic hydroxyl groups is 1. The van der Waals surface area contributed by atoms with Crippen LogP contribution >= 0.6 is 11.8 Å². The average molecular weight is 555 g/mol. The van der Waals surface area contributed by atoms with Gasteiger partial charge in [0, 0.05) is 30.6 Å². The molecule has 8 heteroatoms. The third kappa shape index (κ3) is 5.18. The Labute approximate surface area is 236 Å². The normalized spacial score (nSPS) is 28.9. The molecule has 1 N–H and O–H groups in total. The van der Waals surface area contributed by atoms with Crippen molar-refractivity contribution in [2.24, 2.45) is 17.8 Å². The van der Waals surface area contributed by atoms with E-state index in [2.05, 4.69) is 20.1 Å². The summed E-state index contributed by atoms with van der Waals surface area (Å²) in [7, 11) is 0. The zero-order valence-electron chi connectivity index (χ0n) is 23.4. The molecule has 3 unspecified atom stereocenters. The molecular weight excluding hydrogens is 512 g/mol. The first-order chi connectivity index (χ1) is 18.7. The van der Waals surface area contributed by atoms with Crippen LogP contribution in [0.25, 0.3) is 0 Å². The maximum absolute atomic E-state index is 14.7. The van der Waals surface area contributed by atoms with E-state index in [0.29, 0.717) is 39.0 Å². The van der Waals surface area contributed by atoms with Gasteiger partial charge >= 0.3 is 5.97 Å². The summed E-state index contributed by atoms with van der Waals surface area (Å²) in [6.07, 6.45) is 6.85. The first-order valence-electron chi connectivity index (χ1n) is 14.1. The monoisotopic (exact) mass is 554 g/mol. The minimum Gasteiger partial charge on any atom is -0.465 e. The molecular formula is C31H42N2O5S. The minimum atomic E-state index is -0.711. The highest BCUT2D eigenvalue weighted by molar-refractivity contribution is 8.02. The lowest BCUT2D eigenvalue weighted by Crippen LogP contribution is -2.57. The third-order valence-corrected chi connectivity index (χ3v) is 10.7. The van der Waals surface area contributed by atoms with Gasteiger partial charge in [0.05, 0.1) is 23.2 Å². The van der Waals surface area contributed by atoms with Crippen LogP contribution in [0.4, 0.5) is 5.69 Å². The summed E-state index contributed by atoms with van der Waals surface area (Å²) in [4.78, 5) is 45.7. The van der Waals surface area contributed by atoms with Crippen LogP contribution in [0.15, 0.2) is 43.5 Å². The van der Waals surface area contributed by atoms with Gasteiger partial charge in [-0.25, -0.2) is 0 Å². The molecule has 0 radical (unpaired) electrons. The molecule has 3 fully saturated rings. The summed E-state index contributed by atoms with van der Waals surface area (Å²) in [5, 5.41) is 9.37. The topological polar surface area (TPSA) is 87.2 Å². The highest BCUT2D eigenvalue weighted by Crippen LogP contribution is 2.68. The van der Waals surface area contributed by atoms with E-state index >= 15 is 0 Å². The number of rotatable bonds is 13. The van der Waals surface area contributed by atoms with Crippen molar-refractivity contribution >= 4 is 35.2 Å². The van der Waals surface area contributed by atoms with E-state index in [0.717, 1.165) is 29.7 Å². The minimum absolute atomic E-state index is 0.0210. The van der Waals surface area contributed by atoms with Gasteiger partial charge in [0.15, 0.2) is 0 Å². The lowest BCUT2D eigenvalue weighted by atomic mass is 9.66. The molecule has 3 saturated heterocycles. The summed E-state index contributed by atoms with van der Waals surface area (Å²) in [5.41, 5.74) is 2.82. The van der Waals surface area contributed by atoms with Crippen LogP contribution in [0.1, 0.15) is 50.2 Å². The lowest BCUT2D eigenvalue weighted by molar-refractivity contribution is -0.154. The third-order valence-electron chi connectivity index (χ3n) is 8.59. The Morgan fingerprint density at radius 2 is 2.00 bits per heavy atom. The number of unbranched alkanes of at least 4 members (excludes halogenated alkanes) is 2. The van der Waals surface area contributed by atoms with Gasteiger partial charge < -0.3 is 19.6 Å². The fraction of sp³-hybridized carbons (Fsp3) is 0.581. The number of aliphatic hydroxyl groups excluding tert-OH is 1. The molecule has 3 aliphatic heterocycles. The molecule has 1 aromatic rings. The molecule has 3 aliphatic rings. The molecule has 0 saturated carbocycles. The number of carbonyl (C=O) groups excluding carboxylic acids is 3. The molecule has 6 atom stereocenters. The number of nitrogens with zero attached hydrogens (tertiary/aromatic N) is 2. The van der Waals surface area contributed by atoms with Gasteiger partial charge in [0.1, 0.15) is 6.04 Å². The van der Waals surface area contributed by atoms with Crippen LogP contribution in [0.2, 0.25) is 0 Å². The second kappa shape index (κ2) is 12.3. The van der Waals surface area contributed by atoms with Gasteiger partial charge in [-0.15, -0.1) is 24.9 Å². The zero-order valence-corrected chi connectivity index (χ0v) is 24.3. The van der Waals surface area contributed by atoms with Gasteiger partial charge in [0.25, 0.3) is 5.91 Å². The van der Waals surface area contributed by atoms with Gasteiger partial charge in [-0.1, -0.05) is 31.2 Å². The Morgan fingerprint density at radius 3 is 2.69 bits per heavy atom. The van der Waals surface area contributed by atoms with Crippen molar-refractivity contribution in [3.63, 3.8) is 0 Å². The predicted octanol–water partition coefficient (Wildman–Crippen LogP) is 4.44. The highest BCUT2D eigenvalue weighted by Gasteiger charge is 2.76. The molecule has 39 heavy (non-hydrogen) atoms. The average Bonchev–Trinajstić information content (AvgIpc) is 3.50. The smallest absolute Gasteiger partial charge is 0.310 e. The maximum atomic E-state index is 14.7. The maximum Gasteiger partial charge on any atom is 0.310 e. The number of allylic oxidation sites excluding steroid dienone is 1. The Balaban J connectivity index is 1.74. The van der Waals surface area contributed by atoms with E-state index in [1.165, 1.54) is 0 Å². The van der Waals surface area contributed by atoms with Crippen LogP contribution < -0.4 is 4.90 Å². The first kappa shape index (κ1) is 29.4. The summed E-state index contributed by atoms with van der Waals surface area (Å²) >= 11 is 1.66. The largest absolute Gasteiger partial charge is 0.465 e. The number of benzene rings is 1. The van der Waals surface area contributed by atoms with E-state index in [1.54, 1.807) is 33.7 Å². The summed E-state index contributed by atoms with van der Waals surface area (Å²) in [5.74, 6) is -1.69. The van der Waals surface area contributed by atoms with Crippen molar-refractivity contribution in [1.29, 1.82) is 0 Å². The number of amides is 2. The molecule has 1 spiro atoms. The van der Waals surface area contributed by atoms with E-state index < -0.39 is 22.6 Å². The van der Waals surface area contributed by atoms with Gasteiger partial charge in [0.2, 0.25) is 5.91 Å². The van der Waals surface area contributed by atoms with Crippen molar-refractivity contribution in [3.8, 4) is 0 Å². The number of esters is 1. The van der Waals surface area contributed by atoms with Gasteiger partial charge in [-0.3, -0.25) is 14.4 Å². The molecule has 0 aromatic heterocycles. The Hall–Kier alpha value is -2.58. The molecule has 2 bridgehead atoms. The second-order valence-electron chi connectivity index (χ2n) is 11.1. The van der Waals surface area contributed by atoms with Crippen LogP contribution in [-0.4, -0.2) is 70.1 Å². The van der Waals surface area contributed by atoms with Gasteiger partial charge in [-0.05, 0) is 69.1 Å². The van der Waals surface area contributed by atoms with Gasteiger partial charge in [-0.2, -0.15) is 0 Å². The Bertz CT molecular complexity index is 1120. The van der Waals surface area contributed by atoms with E-state index in [9.17, 15) is 19.5 Å². The SMILES string of the molecule is C=CCCCOC(=O)[C@@H]1[C@@H]2CC(C)C3(S2)C(C(=O)N(CC=C)c2cc(C)ccc2C)N(CCCCO)C(=O)[C@H]13. The molecule has 3 heterocycles. The van der Waals surface area contributed by atoms with Crippen LogP contribution in [0.3, 0.4) is 0 Å². The number of thioether (sulfide) groups is 1. The zero-order chi connectivity index (χ0) is 28.3. The summed E-state index contributed by atoms with van der Waals surface area (Å²) in [6, 6.07) is 5.32. The van der Waals surface area contributed by atoms with Crippen molar-refractivity contribution in [2.45, 2.75) is 68.9 Å². The molecule has 7 nitrogen and oxygen atoms in total. The molecule has 1 aromatic carbocycles. The van der Waals surface area contributed by atoms with E-state index in [4.69, 9.17) is 4.74 Å². The number of likely N-dealkylation sites (tertiary alicyclic amines) is 1. The fourth-order valence-electron chi connectivity index (χ4n) is 6.79. The Morgan fingerprint density at radius 1 is 1.23 bits per heavy atom.